The third-order valence-electron chi connectivity index (χ3n) is 4.87. The number of carbonyl (C=O) groups is 3. The minimum atomic E-state index is -4.77. The molecule has 0 saturated heterocycles. The predicted octanol–water partition coefficient (Wildman–Crippen LogP) is 6.14. The van der Waals surface area contributed by atoms with Crippen molar-refractivity contribution < 1.29 is 32.3 Å². The van der Waals surface area contributed by atoms with Crippen LogP contribution in [-0.4, -0.2) is 23.4 Å². The molecule has 37 heavy (non-hydrogen) atoms. The number of hydrogen-bond acceptors (Lipinski definition) is 6. The predicted molar refractivity (Wildman–Crippen MR) is 136 cm³/mol. The van der Waals surface area contributed by atoms with Crippen LogP contribution in [0.1, 0.15) is 62.3 Å². The van der Waals surface area contributed by atoms with E-state index in [1.165, 1.54) is 12.1 Å². The lowest BCUT2D eigenvalue weighted by Gasteiger charge is -2.22. The minimum Gasteiger partial charge on any atom is -0.456 e. The van der Waals surface area contributed by atoms with Gasteiger partial charge in [0.15, 0.2) is 0 Å². The number of nitrogen functional groups attached to an aromatic ring is 1. The molecule has 1 aromatic heterocycles. The van der Waals surface area contributed by atoms with E-state index in [1.54, 1.807) is 39.0 Å². The van der Waals surface area contributed by atoms with E-state index in [-0.39, 0.29) is 23.4 Å². The lowest BCUT2D eigenvalue weighted by Crippen LogP contribution is -2.27. The summed E-state index contributed by atoms with van der Waals surface area (Å²) in [6.45, 7) is 4.86. The van der Waals surface area contributed by atoms with Crippen molar-refractivity contribution in [2.75, 3.05) is 11.1 Å². The van der Waals surface area contributed by atoms with Crippen LogP contribution in [0.25, 0.3) is 0 Å². The molecule has 0 aliphatic carbocycles. The van der Waals surface area contributed by atoms with Gasteiger partial charge in [0.25, 0.3) is 11.8 Å². The van der Waals surface area contributed by atoms with Crippen molar-refractivity contribution in [3.05, 3.63) is 80.0 Å². The van der Waals surface area contributed by atoms with E-state index in [0.29, 0.717) is 20.8 Å². The van der Waals surface area contributed by atoms with Crippen LogP contribution in [0.2, 0.25) is 4.34 Å². The summed E-state index contributed by atoms with van der Waals surface area (Å²) < 4.78 is 45.8. The first-order chi connectivity index (χ1) is 17.2. The van der Waals surface area contributed by atoms with E-state index in [4.69, 9.17) is 22.1 Å². The molecule has 0 radical (unpaired) electrons. The Morgan fingerprint density at radius 2 is 1.73 bits per heavy atom. The van der Waals surface area contributed by atoms with Crippen LogP contribution in [0.3, 0.4) is 0 Å². The molecule has 3 rings (SSSR count). The third kappa shape index (κ3) is 7.23. The summed E-state index contributed by atoms with van der Waals surface area (Å²) in [5.74, 6) is -2.13. The van der Waals surface area contributed by atoms with E-state index < -0.39 is 40.8 Å². The topological polar surface area (TPSA) is 111 Å². The lowest BCUT2D eigenvalue weighted by atomic mass is 10.0. The number of amides is 2. The fourth-order valence-corrected chi connectivity index (χ4v) is 4.19. The Kier molecular flexibility index (Phi) is 8.19. The van der Waals surface area contributed by atoms with Gasteiger partial charge < -0.3 is 21.1 Å². The van der Waals surface area contributed by atoms with E-state index in [0.717, 1.165) is 23.5 Å². The number of thiophene rings is 1. The van der Waals surface area contributed by atoms with Crippen molar-refractivity contribution in [3.8, 4) is 0 Å². The van der Waals surface area contributed by atoms with Gasteiger partial charge in [0.05, 0.1) is 26.0 Å². The first-order valence-electron chi connectivity index (χ1n) is 10.8. The number of ether oxygens (including phenoxy) is 1. The molecule has 0 spiro atoms. The van der Waals surface area contributed by atoms with Crippen LogP contribution in [0.5, 0.6) is 0 Å². The molecule has 0 aliphatic rings. The molecule has 7 nitrogen and oxygen atoms in total. The molecule has 2 amide bonds. The van der Waals surface area contributed by atoms with Gasteiger partial charge in [0, 0.05) is 17.8 Å². The van der Waals surface area contributed by atoms with Crippen LogP contribution in [0.15, 0.2) is 48.5 Å². The van der Waals surface area contributed by atoms with Gasteiger partial charge in [-0.2, -0.15) is 13.2 Å². The quantitative estimate of drug-likeness (QED) is 0.251. The van der Waals surface area contributed by atoms with Gasteiger partial charge in [-0.05, 0) is 62.7 Å². The van der Waals surface area contributed by atoms with Crippen molar-refractivity contribution in [2.24, 2.45) is 0 Å². The fraction of sp³-hybridized carbons (Fsp3) is 0.240. The van der Waals surface area contributed by atoms with Crippen LogP contribution in [0, 0.1) is 0 Å². The molecular formula is C25H23ClF3N3O4S. The van der Waals surface area contributed by atoms with Crippen molar-refractivity contribution in [2.45, 2.75) is 39.1 Å². The van der Waals surface area contributed by atoms with E-state index in [1.807, 2.05) is 0 Å². The van der Waals surface area contributed by atoms with Crippen LogP contribution in [-0.2, 0) is 17.5 Å². The van der Waals surface area contributed by atoms with Crippen molar-refractivity contribution >= 4 is 52.1 Å². The summed E-state index contributed by atoms with van der Waals surface area (Å²) in [7, 11) is 0. The molecule has 1 heterocycles. The molecule has 12 heteroatoms. The number of nitrogens with two attached hydrogens (primary N) is 1. The molecule has 0 saturated carbocycles. The van der Waals surface area contributed by atoms with Gasteiger partial charge in [0.2, 0.25) is 0 Å². The number of benzene rings is 2. The average Bonchev–Trinajstić information content (AvgIpc) is 3.22. The number of alkyl halides is 3. The molecule has 0 fully saturated rings. The van der Waals surface area contributed by atoms with Gasteiger partial charge in [-0.3, -0.25) is 9.59 Å². The number of hydrogen-bond donors (Lipinski definition) is 3. The summed E-state index contributed by atoms with van der Waals surface area (Å²) in [6.07, 6.45) is -4.77. The molecule has 0 unspecified atom stereocenters. The van der Waals surface area contributed by atoms with Gasteiger partial charge in [-0.25, -0.2) is 4.79 Å². The zero-order chi connectivity index (χ0) is 27.5. The fourth-order valence-electron chi connectivity index (χ4n) is 3.23. The molecule has 3 aromatic rings. The zero-order valence-electron chi connectivity index (χ0n) is 20.0. The zero-order valence-corrected chi connectivity index (χ0v) is 21.5. The lowest BCUT2D eigenvalue weighted by molar-refractivity contribution is -0.136. The summed E-state index contributed by atoms with van der Waals surface area (Å²) >= 11 is 6.95. The highest BCUT2D eigenvalue weighted by molar-refractivity contribution is 7.18. The molecule has 0 aliphatic heterocycles. The number of esters is 1. The Balaban J connectivity index is 1.97. The summed E-state index contributed by atoms with van der Waals surface area (Å²) in [5.41, 5.74) is 2.80. The number of rotatable bonds is 6. The normalized spacial score (nSPS) is 11.6. The second-order valence-electron chi connectivity index (χ2n) is 8.88. The molecule has 4 N–H and O–H groups in total. The van der Waals surface area contributed by atoms with Crippen LogP contribution < -0.4 is 16.4 Å². The highest BCUT2D eigenvalue weighted by Crippen LogP contribution is 2.34. The van der Waals surface area contributed by atoms with Crippen molar-refractivity contribution in [3.63, 3.8) is 0 Å². The van der Waals surface area contributed by atoms with E-state index in [9.17, 15) is 27.6 Å². The molecule has 2 aromatic carbocycles. The van der Waals surface area contributed by atoms with Crippen molar-refractivity contribution in [1.29, 1.82) is 0 Å². The number of carbonyl (C=O) groups excluding carboxylic acids is 3. The Morgan fingerprint density at radius 1 is 1.03 bits per heavy atom. The number of anilines is 2. The van der Waals surface area contributed by atoms with Gasteiger partial charge in [-0.15, -0.1) is 11.3 Å². The van der Waals surface area contributed by atoms with Crippen LogP contribution in [0.4, 0.5) is 24.5 Å². The Morgan fingerprint density at radius 3 is 2.32 bits per heavy atom. The Labute approximate surface area is 219 Å². The molecule has 0 atom stereocenters. The van der Waals surface area contributed by atoms with E-state index in [2.05, 4.69) is 10.6 Å². The second-order valence-corrected chi connectivity index (χ2v) is 10.6. The summed E-state index contributed by atoms with van der Waals surface area (Å²) in [4.78, 5) is 38.8. The SMILES string of the molecule is CC(C)(C)OC(=O)c1cccc(CNC(=O)c2ccc(Cl)s2)c1NC(=O)c1ccc(N)c(C(F)(F)F)c1. The standard InChI is InChI=1S/C25H23ClF3N3O4S/c1-24(2,3)36-23(35)15-6-4-5-14(12-31-22(34)18-9-10-19(26)37-18)20(15)32-21(33)13-7-8-17(30)16(11-13)25(27,28)29/h4-11H,12,30H2,1-3H3,(H,31,34)(H,32,33). The highest BCUT2D eigenvalue weighted by Gasteiger charge is 2.34. The monoisotopic (exact) mass is 553 g/mol. The maximum atomic E-state index is 13.3. The Bertz CT molecular complexity index is 1350. The highest BCUT2D eigenvalue weighted by atomic mass is 35.5. The van der Waals surface area contributed by atoms with Gasteiger partial charge >= 0.3 is 12.1 Å². The molecular weight excluding hydrogens is 531 g/mol. The minimum absolute atomic E-state index is 0.0170. The van der Waals surface area contributed by atoms with Crippen LogP contribution >= 0.6 is 22.9 Å². The van der Waals surface area contributed by atoms with Crippen molar-refractivity contribution in [1.82, 2.24) is 5.32 Å². The maximum Gasteiger partial charge on any atom is 0.418 e. The number of nitrogens with one attached hydrogen (secondary N) is 2. The average molecular weight is 554 g/mol. The largest absolute Gasteiger partial charge is 0.456 e. The first kappa shape index (κ1) is 28.0. The van der Waals surface area contributed by atoms with E-state index >= 15 is 0 Å². The number of halogens is 4. The maximum absolute atomic E-state index is 13.3. The first-order valence-corrected chi connectivity index (χ1v) is 12.0. The smallest absolute Gasteiger partial charge is 0.418 e. The van der Waals surface area contributed by atoms with Gasteiger partial charge in [-0.1, -0.05) is 23.7 Å². The van der Waals surface area contributed by atoms with Gasteiger partial charge in [0.1, 0.15) is 5.60 Å². The summed E-state index contributed by atoms with van der Waals surface area (Å²) in [6, 6.07) is 10.3. The second kappa shape index (κ2) is 10.8. The molecule has 0 bridgehead atoms. The summed E-state index contributed by atoms with van der Waals surface area (Å²) in [5, 5.41) is 5.19. The Hall–Kier alpha value is -3.57. The molecule has 196 valence electrons. The third-order valence-corrected chi connectivity index (χ3v) is 6.10. The number of para-hydroxylation sites is 1.